The molecule has 0 fully saturated rings. The van der Waals surface area contributed by atoms with E-state index in [1.807, 2.05) is 31.2 Å². The van der Waals surface area contributed by atoms with Crippen molar-refractivity contribution in [2.45, 2.75) is 18.7 Å². The highest BCUT2D eigenvalue weighted by molar-refractivity contribution is 6.21. The summed E-state index contributed by atoms with van der Waals surface area (Å²) < 4.78 is 26.6. The van der Waals surface area contributed by atoms with E-state index in [1.54, 1.807) is 6.07 Å². The van der Waals surface area contributed by atoms with Gasteiger partial charge in [0.15, 0.2) is 11.6 Å². The van der Waals surface area contributed by atoms with Gasteiger partial charge >= 0.3 is 0 Å². The first kappa shape index (κ1) is 13.0. The molecule has 3 heteroatoms. The van der Waals surface area contributed by atoms with Gasteiger partial charge in [-0.3, -0.25) is 0 Å². The third-order valence-electron chi connectivity index (χ3n) is 2.96. The van der Waals surface area contributed by atoms with Gasteiger partial charge in [0.25, 0.3) is 0 Å². The van der Waals surface area contributed by atoms with E-state index in [4.69, 9.17) is 11.6 Å². The summed E-state index contributed by atoms with van der Waals surface area (Å²) in [7, 11) is 0. The van der Waals surface area contributed by atoms with Crippen molar-refractivity contribution in [2.24, 2.45) is 0 Å². The molecule has 0 N–H and O–H groups in total. The standard InChI is InChI=1S/C15H13ClF2/c1-10-5-2-3-7-12(10)13(16)9-11-6-4-8-14(17)15(11)18/h2-8,13H,9H2,1H3. The van der Waals surface area contributed by atoms with Crippen LogP contribution in [-0.4, -0.2) is 0 Å². The molecule has 0 amide bonds. The Morgan fingerprint density at radius 3 is 2.50 bits per heavy atom. The van der Waals surface area contributed by atoms with Crippen LogP contribution in [0.4, 0.5) is 8.78 Å². The van der Waals surface area contributed by atoms with Crippen LogP contribution >= 0.6 is 11.6 Å². The van der Waals surface area contributed by atoms with Crippen LogP contribution in [-0.2, 0) is 6.42 Å². The largest absolute Gasteiger partial charge is 0.204 e. The fraction of sp³-hybridized carbons (Fsp3) is 0.200. The molecule has 0 aliphatic carbocycles. The van der Waals surface area contributed by atoms with E-state index >= 15 is 0 Å². The highest BCUT2D eigenvalue weighted by Gasteiger charge is 2.15. The summed E-state index contributed by atoms with van der Waals surface area (Å²) in [5.41, 5.74) is 2.30. The van der Waals surface area contributed by atoms with Crippen molar-refractivity contribution in [1.29, 1.82) is 0 Å². The van der Waals surface area contributed by atoms with Gasteiger partial charge in [-0.25, -0.2) is 8.78 Å². The van der Waals surface area contributed by atoms with Crippen LogP contribution in [0.1, 0.15) is 22.1 Å². The monoisotopic (exact) mass is 266 g/mol. The molecular formula is C15H13ClF2. The van der Waals surface area contributed by atoms with Gasteiger partial charge < -0.3 is 0 Å². The van der Waals surface area contributed by atoms with Crippen LogP contribution in [0.25, 0.3) is 0 Å². The second-order valence-corrected chi connectivity index (χ2v) is 4.77. The topological polar surface area (TPSA) is 0 Å². The molecule has 0 spiro atoms. The minimum Gasteiger partial charge on any atom is -0.204 e. The van der Waals surface area contributed by atoms with Crippen molar-refractivity contribution < 1.29 is 8.78 Å². The summed E-state index contributed by atoms with van der Waals surface area (Å²) in [6, 6.07) is 11.8. The van der Waals surface area contributed by atoms with Gasteiger partial charge in [0.1, 0.15) is 0 Å². The van der Waals surface area contributed by atoms with Crippen LogP contribution in [0.15, 0.2) is 42.5 Å². The highest BCUT2D eigenvalue weighted by atomic mass is 35.5. The lowest BCUT2D eigenvalue weighted by atomic mass is 10.00. The molecule has 0 saturated carbocycles. The summed E-state index contributed by atoms with van der Waals surface area (Å²) in [5, 5.41) is -0.359. The average Bonchev–Trinajstić information content (AvgIpc) is 2.35. The summed E-state index contributed by atoms with van der Waals surface area (Å²) >= 11 is 6.28. The molecule has 0 bridgehead atoms. The number of alkyl halides is 1. The van der Waals surface area contributed by atoms with Gasteiger partial charge in [-0.2, -0.15) is 0 Å². The van der Waals surface area contributed by atoms with Gasteiger partial charge in [-0.05, 0) is 36.1 Å². The number of aryl methyl sites for hydroxylation is 1. The first-order chi connectivity index (χ1) is 8.59. The minimum atomic E-state index is -0.832. The van der Waals surface area contributed by atoms with Crippen molar-refractivity contribution in [3.05, 3.63) is 70.8 Å². The molecule has 2 aromatic rings. The van der Waals surface area contributed by atoms with Crippen molar-refractivity contribution >= 4 is 11.6 Å². The van der Waals surface area contributed by atoms with Crippen LogP contribution in [0.5, 0.6) is 0 Å². The van der Waals surface area contributed by atoms with Crippen LogP contribution in [0, 0.1) is 18.6 Å². The molecule has 0 aliphatic rings. The number of hydrogen-bond acceptors (Lipinski definition) is 0. The average molecular weight is 267 g/mol. The second kappa shape index (κ2) is 5.49. The van der Waals surface area contributed by atoms with E-state index in [0.717, 1.165) is 17.2 Å². The molecule has 0 heterocycles. The maximum Gasteiger partial charge on any atom is 0.162 e. The molecule has 18 heavy (non-hydrogen) atoms. The van der Waals surface area contributed by atoms with Gasteiger partial charge in [-0.1, -0.05) is 36.4 Å². The van der Waals surface area contributed by atoms with E-state index in [1.165, 1.54) is 6.07 Å². The third-order valence-corrected chi connectivity index (χ3v) is 3.35. The van der Waals surface area contributed by atoms with E-state index in [2.05, 4.69) is 0 Å². The molecule has 0 nitrogen and oxygen atoms in total. The summed E-state index contributed by atoms with van der Waals surface area (Å²) in [6.45, 7) is 1.95. The second-order valence-electron chi connectivity index (χ2n) is 4.24. The molecule has 0 radical (unpaired) electrons. The number of hydrogen-bond donors (Lipinski definition) is 0. The van der Waals surface area contributed by atoms with E-state index in [-0.39, 0.29) is 11.8 Å². The zero-order valence-electron chi connectivity index (χ0n) is 9.96. The van der Waals surface area contributed by atoms with Crippen LogP contribution in [0.2, 0.25) is 0 Å². The van der Waals surface area contributed by atoms with Crippen molar-refractivity contribution in [3.8, 4) is 0 Å². The number of benzene rings is 2. The Kier molecular flexibility index (Phi) is 3.97. The maximum atomic E-state index is 13.5. The molecular weight excluding hydrogens is 254 g/mol. The third kappa shape index (κ3) is 2.70. The van der Waals surface area contributed by atoms with Gasteiger partial charge in [0.05, 0.1) is 5.38 Å². The Morgan fingerprint density at radius 2 is 1.78 bits per heavy atom. The van der Waals surface area contributed by atoms with Crippen LogP contribution < -0.4 is 0 Å². The van der Waals surface area contributed by atoms with Gasteiger partial charge in [-0.15, -0.1) is 11.6 Å². The molecule has 1 unspecified atom stereocenters. The van der Waals surface area contributed by atoms with E-state index < -0.39 is 11.6 Å². The number of rotatable bonds is 3. The lowest BCUT2D eigenvalue weighted by Gasteiger charge is -2.13. The molecule has 1 atom stereocenters. The van der Waals surface area contributed by atoms with Crippen molar-refractivity contribution in [2.75, 3.05) is 0 Å². The Balaban J connectivity index is 2.24. The smallest absolute Gasteiger partial charge is 0.162 e. The summed E-state index contributed by atoms with van der Waals surface area (Å²) in [4.78, 5) is 0. The van der Waals surface area contributed by atoms with Gasteiger partial charge in [0, 0.05) is 0 Å². The SMILES string of the molecule is Cc1ccccc1C(Cl)Cc1cccc(F)c1F. The highest BCUT2D eigenvalue weighted by Crippen LogP contribution is 2.28. The molecule has 0 aromatic heterocycles. The fourth-order valence-electron chi connectivity index (χ4n) is 1.95. The van der Waals surface area contributed by atoms with E-state index in [0.29, 0.717) is 5.56 Å². The predicted molar refractivity (Wildman–Crippen MR) is 69.8 cm³/mol. The Hall–Kier alpha value is -1.41. The lowest BCUT2D eigenvalue weighted by Crippen LogP contribution is -2.01. The Morgan fingerprint density at radius 1 is 1.06 bits per heavy atom. The van der Waals surface area contributed by atoms with Crippen molar-refractivity contribution in [3.63, 3.8) is 0 Å². The Bertz CT molecular complexity index is 552. The first-order valence-corrected chi connectivity index (χ1v) is 6.15. The normalized spacial score (nSPS) is 12.4. The molecule has 0 aliphatic heterocycles. The fourth-order valence-corrected chi connectivity index (χ4v) is 2.36. The quantitative estimate of drug-likeness (QED) is 0.701. The molecule has 2 rings (SSSR count). The molecule has 2 aromatic carbocycles. The zero-order chi connectivity index (χ0) is 13.1. The zero-order valence-corrected chi connectivity index (χ0v) is 10.7. The maximum absolute atomic E-state index is 13.5. The minimum absolute atomic E-state index is 0.274. The predicted octanol–water partition coefficient (Wildman–Crippen LogP) is 4.80. The molecule has 94 valence electrons. The lowest BCUT2D eigenvalue weighted by molar-refractivity contribution is 0.498. The molecule has 0 saturated heterocycles. The number of halogens is 3. The Labute approximate surface area is 110 Å². The first-order valence-electron chi connectivity index (χ1n) is 5.72. The summed E-state index contributed by atoms with van der Waals surface area (Å²) in [5.74, 6) is -1.64. The summed E-state index contributed by atoms with van der Waals surface area (Å²) in [6.07, 6.45) is 0.274. The van der Waals surface area contributed by atoms with Gasteiger partial charge in [0.2, 0.25) is 0 Å². The van der Waals surface area contributed by atoms with E-state index in [9.17, 15) is 8.78 Å². The van der Waals surface area contributed by atoms with Crippen molar-refractivity contribution in [1.82, 2.24) is 0 Å². The van der Waals surface area contributed by atoms with Crippen LogP contribution in [0.3, 0.4) is 0 Å².